The van der Waals surface area contributed by atoms with Crippen LogP contribution in [0.3, 0.4) is 0 Å². The molecule has 0 bridgehead atoms. The Morgan fingerprint density at radius 1 is 1.26 bits per heavy atom. The van der Waals surface area contributed by atoms with Crippen molar-refractivity contribution in [1.82, 2.24) is 0 Å². The van der Waals surface area contributed by atoms with Gasteiger partial charge in [-0.05, 0) is 55.4 Å². The lowest BCUT2D eigenvalue weighted by atomic mass is 9.45. The molecule has 0 aromatic heterocycles. The molecule has 19 heavy (non-hydrogen) atoms. The van der Waals surface area contributed by atoms with Crippen LogP contribution in [0.25, 0.3) is 0 Å². The molecular weight excluding hydrogens is 236 g/mol. The van der Waals surface area contributed by atoms with Crippen LogP contribution in [0, 0.1) is 22.7 Å². The molecule has 2 heteroatoms. The van der Waals surface area contributed by atoms with Gasteiger partial charge in [-0.1, -0.05) is 26.8 Å². The van der Waals surface area contributed by atoms with Gasteiger partial charge >= 0.3 is 5.97 Å². The lowest BCUT2D eigenvalue weighted by molar-refractivity contribution is -0.209. The number of fused-ring (bicyclic) bond motifs is 3. The van der Waals surface area contributed by atoms with Crippen molar-refractivity contribution in [1.29, 1.82) is 0 Å². The first-order valence-corrected chi connectivity index (χ1v) is 7.59. The maximum atomic E-state index is 11.6. The van der Waals surface area contributed by atoms with E-state index < -0.39 is 0 Å². The van der Waals surface area contributed by atoms with Gasteiger partial charge in [0, 0.05) is 12.3 Å². The summed E-state index contributed by atoms with van der Waals surface area (Å²) in [5, 5.41) is 0. The first-order chi connectivity index (χ1) is 8.70. The van der Waals surface area contributed by atoms with Crippen LogP contribution in [0.15, 0.2) is 11.6 Å². The van der Waals surface area contributed by atoms with E-state index in [-0.39, 0.29) is 17.0 Å². The molecule has 2 nitrogen and oxygen atoms in total. The molecule has 2 fully saturated rings. The Kier molecular flexibility index (Phi) is 2.54. The van der Waals surface area contributed by atoms with E-state index >= 15 is 0 Å². The molecule has 0 heterocycles. The third-order valence-electron chi connectivity index (χ3n) is 6.23. The maximum absolute atomic E-state index is 11.6. The van der Waals surface area contributed by atoms with Crippen molar-refractivity contribution in [3.8, 4) is 0 Å². The molecular formula is C17H26O2. The van der Waals surface area contributed by atoms with Crippen LogP contribution < -0.4 is 0 Å². The number of allylic oxidation sites excluding steroid dienone is 1. The predicted molar refractivity (Wildman–Crippen MR) is 75.6 cm³/mol. The fourth-order valence-corrected chi connectivity index (χ4v) is 5.31. The Hall–Kier alpha value is -0.790. The summed E-state index contributed by atoms with van der Waals surface area (Å²) >= 11 is 0. The zero-order valence-corrected chi connectivity index (χ0v) is 12.9. The molecule has 3 aliphatic rings. The fraction of sp³-hybridized carbons (Fsp3) is 0.824. The quantitative estimate of drug-likeness (QED) is 0.525. The zero-order valence-electron chi connectivity index (χ0n) is 12.9. The molecule has 2 saturated carbocycles. The van der Waals surface area contributed by atoms with Crippen molar-refractivity contribution in [3.63, 3.8) is 0 Å². The van der Waals surface area contributed by atoms with E-state index in [9.17, 15) is 4.79 Å². The summed E-state index contributed by atoms with van der Waals surface area (Å²) in [5.74, 6) is 1.23. The summed E-state index contributed by atoms with van der Waals surface area (Å²) in [6.45, 7) is 10.8. The number of hydrogen-bond acceptors (Lipinski definition) is 2. The molecule has 0 N–H and O–H groups in total. The van der Waals surface area contributed by atoms with Crippen molar-refractivity contribution in [2.75, 3.05) is 0 Å². The molecule has 0 unspecified atom stereocenters. The van der Waals surface area contributed by atoms with Crippen molar-refractivity contribution >= 4 is 5.97 Å². The van der Waals surface area contributed by atoms with E-state index in [1.807, 2.05) is 0 Å². The number of ether oxygens (including phenoxy) is 1. The highest BCUT2D eigenvalue weighted by Gasteiger charge is 2.67. The molecule has 0 aromatic rings. The SMILES string of the molecule is CC(=O)O[C@@]12CC[C@]1(C)[C@H]1CC(C)(C)C[C@H]1C=C2C. The van der Waals surface area contributed by atoms with Crippen LogP contribution in [-0.2, 0) is 9.53 Å². The minimum Gasteiger partial charge on any atom is -0.454 e. The molecule has 0 saturated heterocycles. The maximum Gasteiger partial charge on any atom is 0.303 e. The Morgan fingerprint density at radius 2 is 1.95 bits per heavy atom. The molecule has 3 rings (SSSR count). The second-order valence-corrected chi connectivity index (χ2v) is 8.03. The highest BCUT2D eigenvalue weighted by atomic mass is 16.6. The minimum absolute atomic E-state index is 0.130. The van der Waals surface area contributed by atoms with Gasteiger partial charge in [-0.15, -0.1) is 0 Å². The van der Waals surface area contributed by atoms with E-state index in [4.69, 9.17) is 4.74 Å². The van der Waals surface area contributed by atoms with Crippen LogP contribution in [-0.4, -0.2) is 11.6 Å². The van der Waals surface area contributed by atoms with Gasteiger partial charge in [0.25, 0.3) is 0 Å². The van der Waals surface area contributed by atoms with E-state index in [0.717, 1.165) is 6.42 Å². The van der Waals surface area contributed by atoms with Crippen molar-refractivity contribution in [2.45, 2.75) is 65.9 Å². The lowest BCUT2D eigenvalue weighted by Gasteiger charge is -2.63. The summed E-state index contributed by atoms with van der Waals surface area (Å²) in [6.07, 6.45) is 7.17. The van der Waals surface area contributed by atoms with Gasteiger partial charge in [-0.2, -0.15) is 0 Å². The normalized spacial score (nSPS) is 46.7. The van der Waals surface area contributed by atoms with Gasteiger partial charge in [0.15, 0.2) is 0 Å². The second kappa shape index (κ2) is 3.65. The molecule has 0 spiro atoms. The lowest BCUT2D eigenvalue weighted by Crippen LogP contribution is -2.64. The highest BCUT2D eigenvalue weighted by Crippen LogP contribution is 2.69. The van der Waals surface area contributed by atoms with E-state index in [2.05, 4.69) is 33.8 Å². The minimum atomic E-state index is -0.291. The van der Waals surface area contributed by atoms with Gasteiger partial charge in [0.2, 0.25) is 0 Å². The number of rotatable bonds is 1. The van der Waals surface area contributed by atoms with Crippen molar-refractivity contribution < 1.29 is 9.53 Å². The Labute approximate surface area is 116 Å². The largest absolute Gasteiger partial charge is 0.454 e. The predicted octanol–water partition coefficient (Wildman–Crippen LogP) is 4.10. The summed E-state index contributed by atoms with van der Waals surface area (Å²) in [5.41, 5.74) is 1.60. The third-order valence-corrected chi connectivity index (χ3v) is 6.23. The third kappa shape index (κ3) is 1.58. The number of esters is 1. The van der Waals surface area contributed by atoms with Crippen LogP contribution in [0.2, 0.25) is 0 Å². The second-order valence-electron chi connectivity index (χ2n) is 8.03. The van der Waals surface area contributed by atoms with Gasteiger partial charge in [-0.25, -0.2) is 0 Å². The van der Waals surface area contributed by atoms with E-state index in [0.29, 0.717) is 17.3 Å². The van der Waals surface area contributed by atoms with Gasteiger partial charge < -0.3 is 4.74 Å². The average Bonchev–Trinajstić information content (AvgIpc) is 2.57. The van der Waals surface area contributed by atoms with E-state index in [1.54, 1.807) is 6.92 Å². The molecule has 0 aliphatic heterocycles. The molecule has 0 aromatic carbocycles. The smallest absolute Gasteiger partial charge is 0.303 e. The van der Waals surface area contributed by atoms with Crippen LogP contribution >= 0.6 is 0 Å². The molecule has 0 amide bonds. The summed E-state index contributed by atoms with van der Waals surface area (Å²) in [7, 11) is 0. The zero-order chi connectivity index (χ0) is 14.1. The number of carbonyl (C=O) groups is 1. The van der Waals surface area contributed by atoms with Crippen molar-refractivity contribution in [3.05, 3.63) is 11.6 Å². The Morgan fingerprint density at radius 3 is 2.47 bits per heavy atom. The number of carbonyl (C=O) groups excluding carboxylic acids is 1. The summed E-state index contributed by atoms with van der Waals surface area (Å²) in [6, 6.07) is 0. The topological polar surface area (TPSA) is 26.3 Å². The molecule has 4 atom stereocenters. The van der Waals surface area contributed by atoms with Crippen LogP contribution in [0.4, 0.5) is 0 Å². The van der Waals surface area contributed by atoms with Crippen LogP contribution in [0.5, 0.6) is 0 Å². The van der Waals surface area contributed by atoms with Gasteiger partial charge in [0.1, 0.15) is 5.60 Å². The van der Waals surface area contributed by atoms with Crippen molar-refractivity contribution in [2.24, 2.45) is 22.7 Å². The first-order valence-electron chi connectivity index (χ1n) is 7.59. The number of hydrogen-bond donors (Lipinski definition) is 0. The molecule has 3 aliphatic carbocycles. The monoisotopic (exact) mass is 262 g/mol. The average molecular weight is 262 g/mol. The standard InChI is InChI=1S/C17H26O2/c1-11-8-13-9-15(3,4)10-14(13)16(5)6-7-17(11,16)19-12(2)18/h8,13-14H,6-7,9-10H2,1-5H3/t13-,14+,16-,17-/m1/s1. The fourth-order valence-electron chi connectivity index (χ4n) is 5.31. The van der Waals surface area contributed by atoms with E-state index in [1.165, 1.54) is 24.8 Å². The molecule has 106 valence electrons. The summed E-state index contributed by atoms with van der Waals surface area (Å²) in [4.78, 5) is 11.6. The van der Waals surface area contributed by atoms with Gasteiger partial charge in [-0.3, -0.25) is 4.79 Å². The highest BCUT2D eigenvalue weighted by molar-refractivity contribution is 5.67. The Bertz CT molecular complexity index is 462. The first kappa shape index (κ1) is 13.2. The van der Waals surface area contributed by atoms with Crippen LogP contribution in [0.1, 0.15) is 60.3 Å². The Balaban J connectivity index is 2.02. The van der Waals surface area contributed by atoms with Gasteiger partial charge in [0.05, 0.1) is 0 Å². The molecule has 0 radical (unpaired) electrons. The summed E-state index contributed by atoms with van der Waals surface area (Å²) < 4.78 is 5.86.